The highest BCUT2D eigenvalue weighted by atomic mass is 16.5. The highest BCUT2D eigenvalue weighted by Crippen LogP contribution is 2.48. The number of nitrogens with two attached hydrogens (primary N) is 1. The first-order chi connectivity index (χ1) is 12.9. The second-order valence-electron chi connectivity index (χ2n) is 7.13. The van der Waals surface area contributed by atoms with Crippen LogP contribution in [0.2, 0.25) is 0 Å². The molecule has 4 N–H and O–H groups in total. The van der Waals surface area contributed by atoms with E-state index in [2.05, 4.69) is 30.5 Å². The van der Waals surface area contributed by atoms with Gasteiger partial charge in [-0.15, -0.1) is 0 Å². The summed E-state index contributed by atoms with van der Waals surface area (Å²) in [6.45, 7) is 8.68. The van der Waals surface area contributed by atoms with Crippen molar-refractivity contribution in [3.05, 3.63) is 28.8 Å². The number of fused-ring (bicyclic) bond motifs is 1. The fraction of sp³-hybridized carbons (Fsp3) is 0.500. The molecule has 0 unspecified atom stereocenters. The van der Waals surface area contributed by atoms with Crippen LogP contribution in [0, 0.1) is 5.41 Å². The lowest BCUT2D eigenvalue weighted by Crippen LogP contribution is -2.36. The van der Waals surface area contributed by atoms with Gasteiger partial charge in [-0.1, -0.05) is 13.8 Å². The third-order valence-corrected chi connectivity index (χ3v) is 4.96. The normalized spacial score (nSPS) is 16.1. The summed E-state index contributed by atoms with van der Waals surface area (Å²) in [5.74, 6) is 1.14. The van der Waals surface area contributed by atoms with Crippen LogP contribution in [-0.2, 0) is 6.42 Å². The zero-order valence-corrected chi connectivity index (χ0v) is 16.6. The van der Waals surface area contributed by atoms with Crippen LogP contribution in [0.1, 0.15) is 25.0 Å². The Morgan fingerprint density at radius 1 is 1.30 bits per heavy atom. The Bertz CT molecular complexity index is 763. The highest BCUT2D eigenvalue weighted by molar-refractivity contribution is 6.06. The van der Waals surface area contributed by atoms with Crippen LogP contribution in [0.4, 0.5) is 5.69 Å². The van der Waals surface area contributed by atoms with Gasteiger partial charge in [0.2, 0.25) is 0 Å². The summed E-state index contributed by atoms with van der Waals surface area (Å²) in [5.41, 5.74) is 10.3. The van der Waals surface area contributed by atoms with Gasteiger partial charge < -0.3 is 25.6 Å². The number of aliphatic imine (C=N–C) groups is 2. The van der Waals surface area contributed by atoms with Crippen molar-refractivity contribution in [3.63, 3.8) is 0 Å². The van der Waals surface area contributed by atoms with Gasteiger partial charge in [-0.3, -0.25) is 9.98 Å². The maximum absolute atomic E-state index is 9.51. The molecule has 0 fully saturated rings. The molecule has 148 valence electrons. The maximum Gasteiger partial charge on any atom is 0.142 e. The summed E-state index contributed by atoms with van der Waals surface area (Å²) in [4.78, 5) is 10.4. The first kappa shape index (κ1) is 20.9. The highest BCUT2D eigenvalue weighted by Gasteiger charge is 2.37. The first-order valence-corrected chi connectivity index (χ1v) is 8.97. The van der Waals surface area contributed by atoms with E-state index in [1.54, 1.807) is 14.2 Å². The first-order valence-electron chi connectivity index (χ1n) is 8.97. The van der Waals surface area contributed by atoms with Crippen molar-refractivity contribution in [1.29, 1.82) is 0 Å². The standard InChI is InChI=1S/C20H30N4O3/c1-20(2)12-14-13(17(22-3)16(20)19(21)23-4)6-7-15(27-5)18(14)24(8-10-25)9-11-26/h6-7,25-26H,3,8-12H2,1-2,4-5H3,(H2,21,23). The summed E-state index contributed by atoms with van der Waals surface area (Å²) in [5, 5.41) is 19.0. The quantitative estimate of drug-likeness (QED) is 0.472. The van der Waals surface area contributed by atoms with Crippen molar-refractivity contribution in [3.8, 4) is 5.75 Å². The molecule has 0 bridgehead atoms. The molecule has 0 aromatic heterocycles. The zero-order valence-electron chi connectivity index (χ0n) is 16.6. The van der Waals surface area contributed by atoms with E-state index in [-0.39, 0.29) is 18.6 Å². The van der Waals surface area contributed by atoms with Gasteiger partial charge in [0.05, 0.1) is 31.7 Å². The van der Waals surface area contributed by atoms with Crippen LogP contribution in [0.25, 0.3) is 5.70 Å². The van der Waals surface area contributed by atoms with Crippen molar-refractivity contribution in [2.75, 3.05) is 45.4 Å². The third kappa shape index (κ3) is 3.84. The van der Waals surface area contributed by atoms with E-state index in [4.69, 9.17) is 10.5 Å². The number of amidine groups is 1. The number of hydrogen-bond acceptors (Lipinski definition) is 6. The Hall–Kier alpha value is -2.38. The van der Waals surface area contributed by atoms with E-state index in [9.17, 15) is 10.2 Å². The second kappa shape index (κ2) is 8.54. The summed E-state index contributed by atoms with van der Waals surface area (Å²) in [6.07, 6.45) is 0.687. The molecule has 1 aliphatic rings. The van der Waals surface area contributed by atoms with Crippen LogP contribution < -0.4 is 15.4 Å². The number of benzene rings is 1. The zero-order chi connectivity index (χ0) is 20.2. The maximum atomic E-state index is 9.51. The van der Waals surface area contributed by atoms with E-state index in [1.807, 2.05) is 17.0 Å². The number of aliphatic hydroxyl groups is 2. The predicted molar refractivity (Wildman–Crippen MR) is 111 cm³/mol. The fourth-order valence-corrected chi connectivity index (χ4v) is 3.83. The minimum Gasteiger partial charge on any atom is -0.495 e. The lowest BCUT2D eigenvalue weighted by atomic mass is 9.70. The number of hydrogen-bond donors (Lipinski definition) is 3. The van der Waals surface area contributed by atoms with Crippen LogP contribution in [0.15, 0.2) is 27.7 Å². The monoisotopic (exact) mass is 374 g/mol. The van der Waals surface area contributed by atoms with E-state index in [0.717, 1.165) is 22.4 Å². The molecule has 27 heavy (non-hydrogen) atoms. The van der Waals surface area contributed by atoms with E-state index < -0.39 is 0 Å². The molecule has 1 aliphatic carbocycles. The van der Waals surface area contributed by atoms with Crippen molar-refractivity contribution in [2.45, 2.75) is 20.3 Å². The predicted octanol–water partition coefficient (Wildman–Crippen LogP) is 1.47. The molecule has 0 aliphatic heterocycles. The Kier molecular flexibility index (Phi) is 6.62. The summed E-state index contributed by atoms with van der Waals surface area (Å²) < 4.78 is 5.60. The van der Waals surface area contributed by atoms with Gasteiger partial charge >= 0.3 is 0 Å². The molecule has 2 rings (SSSR count). The SMILES string of the molecule is C=NC1=C(C(N)=NC)C(C)(C)Cc2c1ccc(OC)c2N(CCO)CCO. The van der Waals surface area contributed by atoms with Crippen molar-refractivity contribution >= 4 is 23.9 Å². The van der Waals surface area contributed by atoms with Crippen LogP contribution in [-0.4, -0.2) is 63.2 Å². The lowest BCUT2D eigenvalue weighted by molar-refractivity contribution is 0.280. The number of nitrogens with zero attached hydrogens (tertiary/aromatic N) is 3. The molecule has 0 amide bonds. The van der Waals surface area contributed by atoms with E-state index in [1.165, 1.54) is 0 Å². The molecular formula is C20H30N4O3. The van der Waals surface area contributed by atoms with E-state index in [0.29, 0.717) is 36.8 Å². The number of aliphatic hydroxyl groups excluding tert-OH is 2. The fourth-order valence-electron chi connectivity index (χ4n) is 3.83. The molecule has 0 spiro atoms. The van der Waals surface area contributed by atoms with Crippen LogP contribution in [0.5, 0.6) is 5.75 Å². The number of methoxy groups -OCH3 is 1. The topological polar surface area (TPSA) is 104 Å². The Morgan fingerprint density at radius 2 is 1.93 bits per heavy atom. The molecule has 0 saturated carbocycles. The minimum atomic E-state index is -0.321. The molecule has 1 aromatic carbocycles. The molecule has 7 nitrogen and oxygen atoms in total. The molecule has 0 radical (unpaired) electrons. The van der Waals surface area contributed by atoms with Gasteiger partial charge in [-0.05, 0) is 36.2 Å². The van der Waals surface area contributed by atoms with Crippen LogP contribution in [0.3, 0.4) is 0 Å². The third-order valence-electron chi connectivity index (χ3n) is 4.96. The number of rotatable bonds is 8. The molecule has 0 atom stereocenters. The summed E-state index contributed by atoms with van der Waals surface area (Å²) in [6, 6.07) is 3.83. The van der Waals surface area contributed by atoms with Gasteiger partial charge in [-0.25, -0.2) is 0 Å². The minimum absolute atomic E-state index is 0.0285. The Balaban J connectivity index is 2.83. The van der Waals surface area contributed by atoms with Crippen molar-refractivity contribution in [1.82, 2.24) is 0 Å². The smallest absolute Gasteiger partial charge is 0.142 e. The largest absolute Gasteiger partial charge is 0.495 e. The lowest BCUT2D eigenvalue weighted by Gasteiger charge is -2.38. The molecule has 0 heterocycles. The van der Waals surface area contributed by atoms with Gasteiger partial charge in [0.25, 0.3) is 0 Å². The summed E-state index contributed by atoms with van der Waals surface area (Å²) >= 11 is 0. The van der Waals surface area contributed by atoms with Gasteiger partial charge in [0, 0.05) is 31.3 Å². The number of anilines is 1. The Labute approximate surface area is 160 Å². The van der Waals surface area contributed by atoms with Crippen molar-refractivity contribution in [2.24, 2.45) is 21.1 Å². The molecule has 7 heteroatoms. The second-order valence-corrected chi connectivity index (χ2v) is 7.13. The number of ether oxygens (including phenoxy) is 1. The van der Waals surface area contributed by atoms with Gasteiger partial charge in [0.1, 0.15) is 11.6 Å². The molecule has 1 aromatic rings. The molecular weight excluding hydrogens is 344 g/mol. The van der Waals surface area contributed by atoms with E-state index >= 15 is 0 Å². The van der Waals surface area contributed by atoms with Crippen molar-refractivity contribution < 1.29 is 14.9 Å². The van der Waals surface area contributed by atoms with Crippen LogP contribution >= 0.6 is 0 Å². The summed E-state index contributed by atoms with van der Waals surface area (Å²) in [7, 11) is 3.28. The molecule has 0 saturated heterocycles. The van der Waals surface area contributed by atoms with Gasteiger partial charge in [-0.2, -0.15) is 0 Å². The average Bonchev–Trinajstić information content (AvgIpc) is 2.64. The Morgan fingerprint density at radius 3 is 2.41 bits per heavy atom. The van der Waals surface area contributed by atoms with Gasteiger partial charge in [0.15, 0.2) is 0 Å². The average molecular weight is 374 g/mol.